The number of nitrogens with zero attached hydrogens (tertiary/aromatic N) is 2. The van der Waals surface area contributed by atoms with E-state index in [1.807, 2.05) is 0 Å². The van der Waals surface area contributed by atoms with Crippen molar-refractivity contribution in [3.8, 4) is 33.4 Å². The number of hydrogen-bond donors (Lipinski definition) is 0. The van der Waals surface area contributed by atoms with Crippen LogP contribution in [0.4, 0.5) is 34.1 Å². The second-order valence-electron chi connectivity index (χ2n) is 16.1. The van der Waals surface area contributed by atoms with Crippen LogP contribution in [0, 0.1) is 0 Å². The van der Waals surface area contributed by atoms with Crippen LogP contribution in [0.1, 0.15) is 0 Å². The Kier molecular flexibility index (Phi) is 9.93. The van der Waals surface area contributed by atoms with Crippen LogP contribution >= 0.6 is 0 Å². The Balaban J connectivity index is 1.14. The van der Waals surface area contributed by atoms with Crippen molar-refractivity contribution in [1.82, 2.24) is 0 Å². The van der Waals surface area contributed by atoms with Crippen LogP contribution in [-0.4, -0.2) is 8.07 Å². The number of rotatable bonds is 9. The molecule has 0 atom stereocenters. The van der Waals surface area contributed by atoms with Crippen molar-refractivity contribution in [1.29, 1.82) is 0 Å². The van der Waals surface area contributed by atoms with E-state index in [2.05, 4.69) is 277 Å². The van der Waals surface area contributed by atoms with Crippen LogP contribution in [0.5, 0.6) is 0 Å². The summed E-state index contributed by atoms with van der Waals surface area (Å²) in [6, 6.07) is 97.9. The van der Waals surface area contributed by atoms with E-state index in [1.165, 1.54) is 59.9 Å². The quantitative estimate of drug-likeness (QED) is 0.134. The van der Waals surface area contributed by atoms with Gasteiger partial charge in [0.2, 0.25) is 0 Å². The lowest BCUT2D eigenvalue weighted by Gasteiger charge is -2.45. The van der Waals surface area contributed by atoms with E-state index in [0.717, 1.165) is 28.3 Å². The lowest BCUT2D eigenvalue weighted by Crippen LogP contribution is -2.77. The summed E-state index contributed by atoms with van der Waals surface area (Å²) in [5.74, 6) is 0. The minimum absolute atomic E-state index is 1.09. The zero-order chi connectivity index (χ0) is 42.0. The molecule has 63 heavy (non-hydrogen) atoms. The fourth-order valence-electron chi connectivity index (χ4n) is 9.63. The predicted molar refractivity (Wildman–Crippen MR) is 269 cm³/mol. The number of fused-ring (bicyclic) bond motifs is 2. The smallest absolute Gasteiger partial charge is 0.184 e. The molecule has 0 saturated carbocycles. The third kappa shape index (κ3) is 6.86. The van der Waals surface area contributed by atoms with Gasteiger partial charge in [-0.15, -0.1) is 0 Å². The van der Waals surface area contributed by atoms with Gasteiger partial charge in [-0.1, -0.05) is 206 Å². The Hall–Kier alpha value is -7.98. The normalized spacial score (nSPS) is 12.5. The fourth-order valence-corrected chi connectivity index (χ4v) is 14.8. The molecule has 1 aliphatic rings. The Morgan fingerprint density at radius 1 is 0.270 bits per heavy atom. The first-order chi connectivity index (χ1) is 31.3. The Morgan fingerprint density at radius 3 is 1.27 bits per heavy atom. The number of anilines is 6. The van der Waals surface area contributed by atoms with Gasteiger partial charge in [-0.2, -0.15) is 0 Å². The summed E-state index contributed by atoms with van der Waals surface area (Å²) >= 11 is 0. The molecule has 2 nitrogen and oxygen atoms in total. The maximum Gasteiger partial charge on any atom is 0.184 e. The lowest BCUT2D eigenvalue weighted by atomic mass is 9.99. The van der Waals surface area contributed by atoms with Crippen molar-refractivity contribution in [3.63, 3.8) is 0 Å². The van der Waals surface area contributed by atoms with Gasteiger partial charge in [0.05, 0.1) is 0 Å². The van der Waals surface area contributed by atoms with Gasteiger partial charge in [-0.05, 0) is 115 Å². The molecule has 1 aliphatic heterocycles. The second-order valence-corrected chi connectivity index (χ2v) is 19.8. The SMILES string of the molecule is c1ccc(-c2ccc(-c3cccc(N(c4ccc(-c5ccccc5)cc4)c4ccc5c(c4)[Si](c4ccccc4)(c4ccccc4)c4ccccc4N5c4ccccc4)c3)cc2)cc1. The molecule has 0 bridgehead atoms. The molecule has 0 saturated heterocycles. The van der Waals surface area contributed by atoms with Gasteiger partial charge in [-0.3, -0.25) is 0 Å². The van der Waals surface area contributed by atoms with Crippen molar-refractivity contribution in [2.75, 3.05) is 9.80 Å². The van der Waals surface area contributed by atoms with Gasteiger partial charge in [0.15, 0.2) is 8.07 Å². The summed E-state index contributed by atoms with van der Waals surface area (Å²) in [7, 11) is -2.95. The summed E-state index contributed by atoms with van der Waals surface area (Å²) < 4.78 is 0. The molecule has 0 spiro atoms. The van der Waals surface area contributed by atoms with Crippen LogP contribution < -0.4 is 30.5 Å². The molecule has 0 amide bonds. The Labute approximate surface area is 371 Å². The number of benzene rings is 10. The third-order valence-electron chi connectivity index (χ3n) is 12.5. The largest absolute Gasteiger partial charge is 0.311 e. The summed E-state index contributed by atoms with van der Waals surface area (Å²) in [5.41, 5.74) is 14.0. The van der Waals surface area contributed by atoms with E-state index in [4.69, 9.17) is 0 Å². The summed E-state index contributed by atoms with van der Waals surface area (Å²) in [6.45, 7) is 0. The predicted octanol–water partition coefficient (Wildman–Crippen LogP) is 13.3. The highest BCUT2D eigenvalue weighted by Crippen LogP contribution is 2.43. The van der Waals surface area contributed by atoms with Crippen LogP contribution in [-0.2, 0) is 0 Å². The lowest BCUT2D eigenvalue weighted by molar-refractivity contribution is 1.26. The van der Waals surface area contributed by atoms with E-state index in [-0.39, 0.29) is 0 Å². The third-order valence-corrected chi connectivity index (χ3v) is 17.4. The molecule has 1 heterocycles. The van der Waals surface area contributed by atoms with Crippen molar-refractivity contribution in [2.24, 2.45) is 0 Å². The first-order valence-corrected chi connectivity index (χ1v) is 23.7. The average molecular weight is 821 g/mol. The molecule has 10 aromatic rings. The minimum Gasteiger partial charge on any atom is -0.311 e. The molecule has 0 unspecified atom stereocenters. The Bertz CT molecular complexity index is 3100. The Morgan fingerprint density at radius 2 is 0.683 bits per heavy atom. The highest BCUT2D eigenvalue weighted by atomic mass is 28.3. The van der Waals surface area contributed by atoms with Crippen molar-refractivity contribution < 1.29 is 0 Å². The fraction of sp³-hybridized carbons (Fsp3) is 0. The van der Waals surface area contributed by atoms with Crippen LogP contribution in [0.15, 0.2) is 267 Å². The van der Waals surface area contributed by atoms with Crippen molar-refractivity contribution in [2.45, 2.75) is 0 Å². The molecule has 0 aliphatic carbocycles. The number of hydrogen-bond acceptors (Lipinski definition) is 2. The van der Waals surface area contributed by atoms with E-state index in [0.29, 0.717) is 0 Å². The standard InChI is InChI=1S/C60H44N2Si/c1-6-19-45(20-7-1)47-33-35-49(36-34-47)50-23-18-26-53(43-50)61(52-39-37-48(38-40-52)46-21-8-2-9-22-46)54-41-42-58-60(44-54)63(55-27-12-4-13-28-55,56-29-14-5-15-30-56)59-32-17-16-31-57(59)62(58)51-24-10-3-11-25-51/h1-44H. The molecule has 11 rings (SSSR count). The van der Waals surface area contributed by atoms with Gasteiger partial charge in [-0.25, -0.2) is 0 Å². The molecular formula is C60H44N2Si. The minimum atomic E-state index is -2.95. The molecular weight excluding hydrogens is 777 g/mol. The first kappa shape index (κ1) is 38.0. The van der Waals surface area contributed by atoms with Gasteiger partial charge in [0.25, 0.3) is 0 Å². The summed E-state index contributed by atoms with van der Waals surface area (Å²) in [5, 5.41) is 5.43. The van der Waals surface area contributed by atoms with Crippen LogP contribution in [0.2, 0.25) is 0 Å². The van der Waals surface area contributed by atoms with Crippen molar-refractivity contribution >= 4 is 62.9 Å². The van der Waals surface area contributed by atoms with Crippen molar-refractivity contribution in [3.05, 3.63) is 267 Å². The highest BCUT2D eigenvalue weighted by molar-refractivity contribution is 7.21. The highest BCUT2D eigenvalue weighted by Gasteiger charge is 2.49. The van der Waals surface area contributed by atoms with Crippen LogP contribution in [0.25, 0.3) is 33.4 Å². The topological polar surface area (TPSA) is 6.48 Å². The molecule has 0 radical (unpaired) electrons. The zero-order valence-electron chi connectivity index (χ0n) is 34.8. The molecule has 3 heteroatoms. The van der Waals surface area contributed by atoms with Gasteiger partial charge in [0, 0.05) is 34.1 Å². The van der Waals surface area contributed by atoms with E-state index < -0.39 is 8.07 Å². The van der Waals surface area contributed by atoms with Crippen LogP contribution in [0.3, 0.4) is 0 Å². The van der Waals surface area contributed by atoms with E-state index in [9.17, 15) is 0 Å². The molecule has 298 valence electrons. The monoisotopic (exact) mass is 820 g/mol. The average Bonchev–Trinajstić information content (AvgIpc) is 3.37. The van der Waals surface area contributed by atoms with Gasteiger partial charge >= 0.3 is 0 Å². The van der Waals surface area contributed by atoms with Gasteiger partial charge in [0.1, 0.15) is 0 Å². The van der Waals surface area contributed by atoms with Gasteiger partial charge < -0.3 is 9.80 Å². The summed E-state index contributed by atoms with van der Waals surface area (Å²) in [6.07, 6.45) is 0. The first-order valence-electron chi connectivity index (χ1n) is 21.7. The maximum absolute atomic E-state index is 2.95. The number of para-hydroxylation sites is 2. The molecule has 0 aromatic heterocycles. The molecule has 0 fully saturated rings. The molecule has 0 N–H and O–H groups in total. The van der Waals surface area contributed by atoms with E-state index >= 15 is 0 Å². The summed E-state index contributed by atoms with van der Waals surface area (Å²) in [4.78, 5) is 4.92. The second kappa shape index (κ2) is 16.5. The molecule has 10 aromatic carbocycles. The van der Waals surface area contributed by atoms with E-state index in [1.54, 1.807) is 0 Å². The zero-order valence-corrected chi connectivity index (χ0v) is 35.8. The maximum atomic E-state index is 2.51.